The van der Waals surface area contributed by atoms with Gasteiger partial charge in [0.25, 0.3) is 0 Å². The van der Waals surface area contributed by atoms with Crippen LogP contribution in [0.2, 0.25) is 0 Å². The van der Waals surface area contributed by atoms with Crippen LogP contribution < -0.4 is 5.32 Å². The Kier molecular flexibility index (Phi) is 2.75. The fraction of sp³-hybridized carbons (Fsp3) is 0.857. The van der Waals surface area contributed by atoms with Gasteiger partial charge in [0.2, 0.25) is 0 Å². The maximum Gasteiger partial charge on any atom is 0.168 e. The summed E-state index contributed by atoms with van der Waals surface area (Å²) in [5.41, 5.74) is 0. The van der Waals surface area contributed by atoms with Crippen LogP contribution in [0.5, 0.6) is 0 Å². The average molecular weight is 169 g/mol. The second-order valence-corrected chi connectivity index (χ2v) is 3.09. The van der Waals surface area contributed by atoms with Crippen molar-refractivity contribution in [2.45, 2.75) is 32.9 Å². The Bertz CT molecular complexity index is 242. The van der Waals surface area contributed by atoms with E-state index in [0.29, 0.717) is 6.04 Å². The minimum absolute atomic E-state index is 0.197. The predicted octanol–water partition coefficient (Wildman–Crippen LogP) is 0.534. The molecular formula is C7H15N5. The van der Waals surface area contributed by atoms with Crippen LogP contribution in [-0.2, 0) is 0 Å². The predicted molar refractivity (Wildman–Crippen MR) is 45.7 cm³/mol. The van der Waals surface area contributed by atoms with Gasteiger partial charge in [-0.2, -0.15) is 0 Å². The Morgan fingerprint density at radius 1 is 1.33 bits per heavy atom. The molecule has 5 heteroatoms. The van der Waals surface area contributed by atoms with Crippen molar-refractivity contribution in [1.82, 2.24) is 25.5 Å². The van der Waals surface area contributed by atoms with E-state index in [1.54, 1.807) is 0 Å². The highest BCUT2D eigenvalue weighted by Gasteiger charge is 2.13. The molecule has 1 N–H and O–H groups in total. The van der Waals surface area contributed by atoms with Crippen molar-refractivity contribution in [3.63, 3.8) is 0 Å². The highest BCUT2D eigenvalue weighted by atomic mass is 15.6. The van der Waals surface area contributed by atoms with Crippen molar-refractivity contribution in [2.75, 3.05) is 7.05 Å². The van der Waals surface area contributed by atoms with Crippen LogP contribution in [0.15, 0.2) is 0 Å². The van der Waals surface area contributed by atoms with Crippen LogP contribution in [-0.4, -0.2) is 27.3 Å². The molecule has 1 atom stereocenters. The topological polar surface area (TPSA) is 55.6 Å². The molecule has 0 aromatic carbocycles. The van der Waals surface area contributed by atoms with Crippen molar-refractivity contribution in [3.8, 4) is 0 Å². The van der Waals surface area contributed by atoms with Crippen molar-refractivity contribution in [2.24, 2.45) is 0 Å². The summed E-state index contributed by atoms with van der Waals surface area (Å²) in [6.45, 7) is 6.15. The van der Waals surface area contributed by atoms with Crippen LogP contribution in [0.1, 0.15) is 38.7 Å². The van der Waals surface area contributed by atoms with E-state index in [1.807, 2.05) is 18.7 Å². The van der Waals surface area contributed by atoms with Crippen molar-refractivity contribution in [1.29, 1.82) is 0 Å². The number of rotatable bonds is 3. The van der Waals surface area contributed by atoms with Gasteiger partial charge in [0, 0.05) is 0 Å². The molecule has 5 nitrogen and oxygen atoms in total. The SMILES string of the molecule is CNC(C)c1nnnn1C(C)C. The van der Waals surface area contributed by atoms with Gasteiger partial charge in [-0.25, -0.2) is 4.68 Å². The van der Waals surface area contributed by atoms with Gasteiger partial charge in [0.15, 0.2) is 5.82 Å². The minimum atomic E-state index is 0.197. The van der Waals surface area contributed by atoms with E-state index in [1.165, 1.54) is 0 Å². The van der Waals surface area contributed by atoms with Gasteiger partial charge in [-0.05, 0) is 38.2 Å². The van der Waals surface area contributed by atoms with E-state index in [2.05, 4.69) is 34.7 Å². The van der Waals surface area contributed by atoms with Crippen LogP contribution in [0, 0.1) is 0 Å². The smallest absolute Gasteiger partial charge is 0.168 e. The van der Waals surface area contributed by atoms with Crippen molar-refractivity contribution >= 4 is 0 Å². The highest BCUT2D eigenvalue weighted by molar-refractivity contribution is 4.89. The second-order valence-electron chi connectivity index (χ2n) is 3.09. The average Bonchev–Trinajstić information content (AvgIpc) is 2.50. The van der Waals surface area contributed by atoms with Gasteiger partial charge in [-0.3, -0.25) is 0 Å². The summed E-state index contributed by atoms with van der Waals surface area (Å²) in [5.74, 6) is 0.882. The van der Waals surface area contributed by atoms with Crippen molar-refractivity contribution in [3.05, 3.63) is 5.82 Å². The van der Waals surface area contributed by atoms with E-state index in [-0.39, 0.29) is 6.04 Å². The molecule has 0 aliphatic rings. The molecule has 0 bridgehead atoms. The third-order valence-corrected chi connectivity index (χ3v) is 1.83. The molecular weight excluding hydrogens is 154 g/mol. The third-order valence-electron chi connectivity index (χ3n) is 1.83. The van der Waals surface area contributed by atoms with Gasteiger partial charge in [-0.1, -0.05) is 0 Å². The fourth-order valence-corrected chi connectivity index (χ4v) is 0.982. The molecule has 0 saturated carbocycles. The Morgan fingerprint density at radius 2 is 2.00 bits per heavy atom. The van der Waals surface area contributed by atoms with Crippen LogP contribution in [0.3, 0.4) is 0 Å². The van der Waals surface area contributed by atoms with Crippen LogP contribution in [0.25, 0.3) is 0 Å². The first kappa shape index (κ1) is 9.12. The summed E-state index contributed by atoms with van der Waals surface area (Å²) < 4.78 is 1.82. The number of hydrogen-bond acceptors (Lipinski definition) is 4. The van der Waals surface area contributed by atoms with E-state index >= 15 is 0 Å². The largest absolute Gasteiger partial charge is 0.311 e. The maximum absolute atomic E-state index is 3.95. The fourth-order valence-electron chi connectivity index (χ4n) is 0.982. The molecule has 12 heavy (non-hydrogen) atoms. The standard InChI is InChI=1S/C7H15N5/c1-5(2)12-7(6(3)8-4)9-10-11-12/h5-6,8H,1-4H3. The van der Waals surface area contributed by atoms with E-state index in [4.69, 9.17) is 0 Å². The van der Waals surface area contributed by atoms with E-state index in [9.17, 15) is 0 Å². The molecule has 68 valence electrons. The summed E-state index contributed by atoms with van der Waals surface area (Å²) in [6, 6.07) is 0.508. The number of aromatic nitrogens is 4. The number of nitrogens with one attached hydrogen (secondary N) is 1. The van der Waals surface area contributed by atoms with Gasteiger partial charge in [0.05, 0.1) is 12.1 Å². The van der Waals surface area contributed by atoms with E-state index < -0.39 is 0 Å². The first-order valence-corrected chi connectivity index (χ1v) is 4.11. The molecule has 0 aliphatic carbocycles. The maximum atomic E-state index is 3.95. The van der Waals surface area contributed by atoms with Crippen molar-refractivity contribution < 1.29 is 0 Å². The Labute approximate surface area is 72.2 Å². The lowest BCUT2D eigenvalue weighted by molar-refractivity contribution is 0.462. The molecule has 1 aromatic rings. The minimum Gasteiger partial charge on any atom is -0.311 e. The molecule has 0 fully saturated rings. The zero-order valence-corrected chi connectivity index (χ0v) is 7.94. The lowest BCUT2D eigenvalue weighted by atomic mass is 10.3. The molecule has 1 unspecified atom stereocenters. The lowest BCUT2D eigenvalue weighted by Gasteiger charge is -2.12. The molecule has 0 saturated heterocycles. The molecule has 0 amide bonds. The summed E-state index contributed by atoms with van der Waals surface area (Å²) in [4.78, 5) is 0. The van der Waals surface area contributed by atoms with Gasteiger partial charge >= 0.3 is 0 Å². The van der Waals surface area contributed by atoms with Gasteiger partial charge in [-0.15, -0.1) is 5.10 Å². The molecule has 0 spiro atoms. The first-order valence-electron chi connectivity index (χ1n) is 4.11. The number of tetrazole rings is 1. The lowest BCUT2D eigenvalue weighted by Crippen LogP contribution is -2.19. The first-order chi connectivity index (χ1) is 5.66. The summed E-state index contributed by atoms with van der Waals surface area (Å²) in [6.07, 6.45) is 0. The van der Waals surface area contributed by atoms with Crippen LogP contribution in [0.4, 0.5) is 0 Å². The number of hydrogen-bond donors (Lipinski definition) is 1. The van der Waals surface area contributed by atoms with E-state index in [0.717, 1.165) is 5.82 Å². The van der Waals surface area contributed by atoms with Crippen LogP contribution >= 0.6 is 0 Å². The van der Waals surface area contributed by atoms with Gasteiger partial charge in [0.1, 0.15) is 0 Å². The molecule has 1 aromatic heterocycles. The molecule has 0 radical (unpaired) electrons. The summed E-state index contributed by atoms with van der Waals surface area (Å²) in [5, 5.41) is 14.6. The third kappa shape index (κ3) is 1.61. The Balaban J connectivity index is 2.91. The Hall–Kier alpha value is -0.970. The number of nitrogens with zero attached hydrogens (tertiary/aromatic N) is 4. The zero-order chi connectivity index (χ0) is 9.14. The Morgan fingerprint density at radius 3 is 2.50 bits per heavy atom. The monoisotopic (exact) mass is 169 g/mol. The highest BCUT2D eigenvalue weighted by Crippen LogP contribution is 2.11. The second kappa shape index (κ2) is 3.62. The van der Waals surface area contributed by atoms with Gasteiger partial charge < -0.3 is 5.32 Å². The molecule has 1 rings (SSSR count). The molecule has 1 heterocycles. The normalized spacial score (nSPS) is 13.8. The quantitative estimate of drug-likeness (QED) is 0.717. The summed E-state index contributed by atoms with van der Waals surface area (Å²) >= 11 is 0. The molecule has 0 aliphatic heterocycles. The summed E-state index contributed by atoms with van der Waals surface area (Å²) in [7, 11) is 1.89. The zero-order valence-electron chi connectivity index (χ0n) is 7.94.